The van der Waals surface area contributed by atoms with E-state index in [1.54, 1.807) is 0 Å². The molecule has 8 heteroatoms. The fourth-order valence-corrected chi connectivity index (χ4v) is 2.13. The summed E-state index contributed by atoms with van der Waals surface area (Å²) in [6.45, 7) is 1.17. The third-order valence-corrected chi connectivity index (χ3v) is 2.65. The van der Waals surface area contributed by atoms with E-state index >= 15 is 0 Å². The Hall–Kier alpha value is 0.0949. The predicted octanol–water partition coefficient (Wildman–Crippen LogP) is -0.913. The van der Waals surface area contributed by atoms with Crippen molar-refractivity contribution in [2.75, 3.05) is 20.4 Å². The molecule has 5 atom stereocenters. The quantitative estimate of drug-likeness (QED) is 0.485. The molecule has 1 saturated heterocycles. The van der Waals surface area contributed by atoms with Crippen molar-refractivity contribution in [3.63, 3.8) is 0 Å². The van der Waals surface area contributed by atoms with Crippen LogP contribution >= 0.6 is 7.60 Å². The minimum Gasteiger partial charge on any atom is -0.388 e. The summed E-state index contributed by atoms with van der Waals surface area (Å²) in [6, 6.07) is -0.929. The van der Waals surface area contributed by atoms with Crippen LogP contribution in [0.15, 0.2) is 0 Å². The van der Waals surface area contributed by atoms with Gasteiger partial charge in [0.2, 0.25) is 0 Å². The highest BCUT2D eigenvalue weighted by Crippen LogP contribution is 2.42. The molecule has 0 saturated carbocycles. The van der Waals surface area contributed by atoms with Crippen LogP contribution in [0, 0.1) is 0 Å². The van der Waals surface area contributed by atoms with Crippen molar-refractivity contribution in [1.29, 1.82) is 0 Å². The van der Waals surface area contributed by atoms with Gasteiger partial charge in [-0.15, -0.1) is 0 Å². The molecule has 15 heavy (non-hydrogen) atoms. The maximum absolute atomic E-state index is 11.1. The lowest BCUT2D eigenvalue weighted by molar-refractivity contribution is -0.0143. The van der Waals surface area contributed by atoms with Crippen molar-refractivity contribution in [2.45, 2.75) is 24.3 Å². The predicted molar refractivity (Wildman–Crippen MR) is 52.9 cm³/mol. The summed E-state index contributed by atoms with van der Waals surface area (Å²) in [4.78, 5) is 9.05. The third-order valence-electron chi connectivity index (χ3n) is 2.02. The number of ether oxygens (including phenoxy) is 2. The lowest BCUT2D eigenvalue weighted by atomic mass is 9.93. The summed E-state index contributed by atoms with van der Waals surface area (Å²) in [6.07, 6.45) is -2.72. The Balaban J connectivity index is 2.68. The first-order valence-corrected chi connectivity index (χ1v) is 6.44. The maximum Gasteiger partial charge on any atom is 0.325 e. The minimum absolute atomic E-state index is 0.134. The van der Waals surface area contributed by atoms with E-state index in [0.29, 0.717) is 0 Å². The highest BCUT2D eigenvalue weighted by molar-refractivity contribution is 7.51. The first kappa shape index (κ1) is 13.2. The molecule has 0 aromatic rings. The number of hydrogen-bond acceptors (Lipinski definition) is 5. The van der Waals surface area contributed by atoms with Gasteiger partial charge in [0.25, 0.3) is 0 Å². The van der Waals surface area contributed by atoms with Gasteiger partial charge in [-0.05, 0) is 0 Å². The van der Waals surface area contributed by atoms with Gasteiger partial charge in [0, 0.05) is 19.8 Å². The zero-order valence-electron chi connectivity index (χ0n) is 8.57. The van der Waals surface area contributed by atoms with Crippen LogP contribution in [-0.2, 0) is 18.6 Å². The number of methoxy groups -OCH3 is 1. The standard InChI is InChI=1S/C7H14BO6P/c1-12-3-4-6(14-15(2,10)11)5(9)7(8)13-4/h4-7,9H,3H2,1-2H3,(H,10,11)/t4-,5?,6+,7-/m1/s1. The Labute approximate surface area is 89.5 Å². The number of aliphatic hydroxyl groups is 1. The topological polar surface area (TPSA) is 85.2 Å². The summed E-state index contributed by atoms with van der Waals surface area (Å²) < 4.78 is 25.8. The number of hydrogen-bond donors (Lipinski definition) is 2. The Bertz CT molecular complexity index is 256. The second-order valence-electron chi connectivity index (χ2n) is 3.46. The Kier molecular flexibility index (Phi) is 4.34. The third kappa shape index (κ3) is 3.55. The van der Waals surface area contributed by atoms with E-state index < -0.39 is 31.9 Å². The molecule has 86 valence electrons. The highest BCUT2D eigenvalue weighted by Gasteiger charge is 2.44. The fourth-order valence-electron chi connectivity index (χ4n) is 1.42. The molecule has 0 aromatic heterocycles. The molecule has 0 amide bonds. The molecule has 2 radical (unpaired) electrons. The molecule has 1 rings (SSSR count). The van der Waals surface area contributed by atoms with Crippen LogP contribution in [-0.4, -0.2) is 62.5 Å². The fraction of sp³-hybridized carbons (Fsp3) is 1.00. The smallest absolute Gasteiger partial charge is 0.325 e. The van der Waals surface area contributed by atoms with Gasteiger partial charge in [-0.25, -0.2) is 0 Å². The number of rotatable bonds is 4. The van der Waals surface area contributed by atoms with E-state index in [4.69, 9.17) is 26.7 Å². The van der Waals surface area contributed by atoms with Gasteiger partial charge in [-0.1, -0.05) is 0 Å². The van der Waals surface area contributed by atoms with Crippen LogP contribution in [0.25, 0.3) is 0 Å². The van der Waals surface area contributed by atoms with Crippen LogP contribution in [0.1, 0.15) is 0 Å². The van der Waals surface area contributed by atoms with Gasteiger partial charge in [0.05, 0.1) is 6.61 Å². The van der Waals surface area contributed by atoms with E-state index in [0.717, 1.165) is 6.66 Å². The van der Waals surface area contributed by atoms with Gasteiger partial charge in [0.1, 0.15) is 26.2 Å². The van der Waals surface area contributed by atoms with Crippen molar-refractivity contribution < 1.29 is 28.6 Å². The van der Waals surface area contributed by atoms with E-state index in [9.17, 15) is 9.67 Å². The molecule has 2 N–H and O–H groups in total. The summed E-state index contributed by atoms with van der Waals surface area (Å²) in [5, 5.41) is 9.56. The van der Waals surface area contributed by atoms with Crippen LogP contribution in [0.2, 0.25) is 0 Å². The Morgan fingerprint density at radius 1 is 1.60 bits per heavy atom. The average molecular weight is 236 g/mol. The molecule has 0 bridgehead atoms. The first-order valence-electron chi connectivity index (χ1n) is 4.42. The monoisotopic (exact) mass is 236 g/mol. The molecule has 1 fully saturated rings. The zero-order valence-corrected chi connectivity index (χ0v) is 9.46. The van der Waals surface area contributed by atoms with Crippen LogP contribution in [0.3, 0.4) is 0 Å². The van der Waals surface area contributed by atoms with E-state index in [2.05, 4.69) is 0 Å². The van der Waals surface area contributed by atoms with E-state index in [1.807, 2.05) is 0 Å². The van der Waals surface area contributed by atoms with Crippen LogP contribution in [0.4, 0.5) is 0 Å². The van der Waals surface area contributed by atoms with Crippen molar-refractivity contribution in [1.82, 2.24) is 0 Å². The first-order chi connectivity index (χ1) is 6.85. The van der Waals surface area contributed by atoms with Crippen molar-refractivity contribution in [3.05, 3.63) is 0 Å². The van der Waals surface area contributed by atoms with E-state index in [-0.39, 0.29) is 6.61 Å². The molecule has 1 heterocycles. The molecule has 1 aliphatic heterocycles. The second-order valence-corrected chi connectivity index (χ2v) is 5.27. The van der Waals surface area contributed by atoms with Gasteiger partial charge in [0.15, 0.2) is 0 Å². The van der Waals surface area contributed by atoms with Crippen molar-refractivity contribution in [3.8, 4) is 0 Å². The molecule has 1 aliphatic rings. The average Bonchev–Trinajstić information content (AvgIpc) is 2.32. The maximum atomic E-state index is 11.1. The summed E-state index contributed by atoms with van der Waals surface area (Å²) in [5.41, 5.74) is 0. The Morgan fingerprint density at radius 2 is 2.20 bits per heavy atom. The summed E-state index contributed by atoms with van der Waals surface area (Å²) >= 11 is 0. The SMILES string of the molecule is [B][C@@H]1O[C@H](COC)[C@H](OP(C)(=O)O)C1O. The molecule has 6 nitrogen and oxygen atoms in total. The van der Waals surface area contributed by atoms with Crippen LogP contribution < -0.4 is 0 Å². The normalized spacial score (nSPS) is 40.3. The highest BCUT2D eigenvalue weighted by atomic mass is 31.2. The van der Waals surface area contributed by atoms with E-state index in [1.165, 1.54) is 7.11 Å². The molecule has 0 aliphatic carbocycles. The largest absolute Gasteiger partial charge is 0.388 e. The van der Waals surface area contributed by atoms with Crippen LogP contribution in [0.5, 0.6) is 0 Å². The minimum atomic E-state index is -3.69. The second kappa shape index (κ2) is 4.95. The lowest BCUT2D eigenvalue weighted by Crippen LogP contribution is -2.36. The molecule has 2 unspecified atom stereocenters. The molecular weight excluding hydrogens is 222 g/mol. The lowest BCUT2D eigenvalue weighted by Gasteiger charge is -2.21. The van der Waals surface area contributed by atoms with Gasteiger partial charge < -0.3 is 19.5 Å². The number of aliphatic hydroxyl groups excluding tert-OH is 1. The van der Waals surface area contributed by atoms with Crippen molar-refractivity contribution >= 4 is 15.4 Å². The zero-order chi connectivity index (χ0) is 11.6. The van der Waals surface area contributed by atoms with Crippen molar-refractivity contribution in [2.24, 2.45) is 0 Å². The van der Waals surface area contributed by atoms with Gasteiger partial charge >= 0.3 is 7.60 Å². The molecular formula is C7H14BO6P. The molecule has 0 aromatic carbocycles. The van der Waals surface area contributed by atoms with Gasteiger partial charge in [-0.2, -0.15) is 0 Å². The Morgan fingerprint density at radius 3 is 2.67 bits per heavy atom. The summed E-state index contributed by atoms with van der Waals surface area (Å²) in [5.74, 6) is 0. The summed E-state index contributed by atoms with van der Waals surface area (Å²) in [7, 11) is 3.18. The molecule has 0 spiro atoms. The van der Waals surface area contributed by atoms with Gasteiger partial charge in [-0.3, -0.25) is 9.09 Å².